The first-order valence-corrected chi connectivity index (χ1v) is 9.98. The van der Waals surface area contributed by atoms with Crippen molar-refractivity contribution in [1.29, 1.82) is 5.26 Å². The van der Waals surface area contributed by atoms with Crippen LogP contribution in [0.1, 0.15) is 12.8 Å². The predicted octanol–water partition coefficient (Wildman–Crippen LogP) is 1.92. The highest BCUT2D eigenvalue weighted by Gasteiger charge is 2.64. The number of nitrogens with one attached hydrogen (secondary N) is 1. The van der Waals surface area contributed by atoms with Crippen LogP contribution in [0.3, 0.4) is 0 Å². The second kappa shape index (κ2) is 7.08. The smallest absolute Gasteiger partial charge is 0.260 e. The van der Waals surface area contributed by atoms with Gasteiger partial charge >= 0.3 is 0 Å². The number of hydrogen-bond donors (Lipinski definition) is 1. The zero-order chi connectivity index (χ0) is 22.5. The summed E-state index contributed by atoms with van der Waals surface area (Å²) in [5.41, 5.74) is 1.14. The number of carbonyl (C=O) groups is 1. The van der Waals surface area contributed by atoms with Crippen LogP contribution in [0.2, 0.25) is 0 Å². The summed E-state index contributed by atoms with van der Waals surface area (Å²) in [5, 5.41) is 21.0. The topological polar surface area (TPSA) is 118 Å². The molecule has 32 heavy (non-hydrogen) atoms. The number of amides is 1. The van der Waals surface area contributed by atoms with E-state index in [4.69, 9.17) is 0 Å². The number of carbonyl (C=O) groups excluding carboxylic acids is 1. The molecule has 5 rings (SSSR count). The number of aromatic nitrogens is 6. The Labute approximate surface area is 181 Å². The van der Waals surface area contributed by atoms with E-state index < -0.39 is 29.7 Å². The zero-order valence-corrected chi connectivity index (χ0v) is 17.1. The summed E-state index contributed by atoms with van der Waals surface area (Å²) in [6, 6.07) is 5.60. The first-order chi connectivity index (χ1) is 15.3. The van der Waals surface area contributed by atoms with Crippen LogP contribution in [-0.4, -0.2) is 59.3 Å². The van der Waals surface area contributed by atoms with Crippen molar-refractivity contribution in [3.8, 4) is 17.5 Å². The number of nitriles is 1. The van der Waals surface area contributed by atoms with E-state index >= 15 is 0 Å². The molecule has 1 aliphatic carbocycles. The molecule has 0 bridgehead atoms. The lowest BCUT2D eigenvalue weighted by molar-refractivity contribution is -0.146. The number of alkyl halides is 2. The predicted molar refractivity (Wildman–Crippen MR) is 108 cm³/mol. The monoisotopic (exact) mass is 439 g/mol. The minimum absolute atomic E-state index is 0.108. The van der Waals surface area contributed by atoms with Gasteiger partial charge in [0.1, 0.15) is 17.2 Å². The summed E-state index contributed by atoms with van der Waals surface area (Å²) in [4.78, 5) is 22.3. The summed E-state index contributed by atoms with van der Waals surface area (Å²) >= 11 is 0. The van der Waals surface area contributed by atoms with E-state index in [2.05, 4.69) is 31.6 Å². The van der Waals surface area contributed by atoms with Crippen molar-refractivity contribution in [2.45, 2.75) is 24.3 Å². The summed E-state index contributed by atoms with van der Waals surface area (Å²) in [5.74, 6) is -4.32. The third-order valence-electron chi connectivity index (χ3n) is 5.77. The Hall–Kier alpha value is -3.88. The Kier molecular flexibility index (Phi) is 4.44. The van der Waals surface area contributed by atoms with Gasteiger partial charge in [0.2, 0.25) is 11.9 Å². The molecule has 1 aliphatic heterocycles. The number of halogens is 2. The van der Waals surface area contributed by atoms with Gasteiger partial charge in [-0.25, -0.2) is 18.7 Å². The molecule has 4 heterocycles. The van der Waals surface area contributed by atoms with Gasteiger partial charge in [0, 0.05) is 45.1 Å². The minimum Gasteiger partial charge on any atom is -0.337 e. The first kappa shape index (κ1) is 20.0. The van der Waals surface area contributed by atoms with Crippen LogP contribution in [0.4, 0.5) is 20.4 Å². The summed E-state index contributed by atoms with van der Waals surface area (Å²) < 4.78 is 29.8. The number of nitrogens with zero attached hydrogens (tertiary/aromatic N) is 8. The van der Waals surface area contributed by atoms with Gasteiger partial charge in [0.05, 0.1) is 30.1 Å². The van der Waals surface area contributed by atoms with Crippen LogP contribution >= 0.6 is 0 Å². The van der Waals surface area contributed by atoms with Crippen LogP contribution in [-0.2, 0) is 17.4 Å². The number of aryl methyl sites for hydroxylation is 1. The van der Waals surface area contributed by atoms with Crippen LogP contribution in [0.5, 0.6) is 0 Å². The third kappa shape index (κ3) is 3.45. The van der Waals surface area contributed by atoms with Gasteiger partial charge in [-0.1, -0.05) is 0 Å². The molecule has 1 saturated heterocycles. The molecule has 3 aromatic heterocycles. The molecule has 3 aromatic rings. The lowest BCUT2D eigenvalue weighted by Crippen LogP contribution is -2.64. The number of rotatable bonds is 6. The van der Waals surface area contributed by atoms with E-state index in [0.717, 1.165) is 5.69 Å². The van der Waals surface area contributed by atoms with Crippen molar-refractivity contribution in [2.24, 2.45) is 13.0 Å². The van der Waals surface area contributed by atoms with Gasteiger partial charge in [0.15, 0.2) is 0 Å². The summed E-state index contributed by atoms with van der Waals surface area (Å²) in [7, 11) is 1.80. The lowest BCUT2D eigenvalue weighted by Gasteiger charge is -2.49. The Morgan fingerprint density at radius 2 is 2.12 bits per heavy atom. The fraction of sp³-hybridized carbons (Fsp3) is 0.400. The average molecular weight is 439 g/mol. The zero-order valence-electron chi connectivity index (χ0n) is 17.1. The summed E-state index contributed by atoms with van der Waals surface area (Å²) in [6.07, 6.45) is 6.47. The maximum Gasteiger partial charge on any atom is 0.260 e. The molecular formula is C20H19F2N9O. The van der Waals surface area contributed by atoms with E-state index in [1.807, 2.05) is 0 Å². The molecule has 0 aromatic carbocycles. The molecule has 10 nitrogen and oxygen atoms in total. The van der Waals surface area contributed by atoms with Crippen molar-refractivity contribution in [3.05, 3.63) is 36.9 Å². The van der Waals surface area contributed by atoms with E-state index in [1.54, 1.807) is 53.3 Å². The highest BCUT2D eigenvalue weighted by molar-refractivity contribution is 5.84. The second-order valence-corrected chi connectivity index (χ2v) is 8.21. The van der Waals surface area contributed by atoms with Gasteiger partial charge < -0.3 is 10.2 Å². The molecule has 164 valence electrons. The molecule has 1 atom stereocenters. The minimum atomic E-state index is -2.90. The molecular weight excluding hydrogens is 420 g/mol. The maximum atomic E-state index is 13.3. The van der Waals surface area contributed by atoms with Gasteiger partial charge in [0.25, 0.3) is 5.92 Å². The Morgan fingerprint density at radius 1 is 1.34 bits per heavy atom. The number of hydrogen-bond acceptors (Lipinski definition) is 7. The van der Waals surface area contributed by atoms with Gasteiger partial charge in [-0.2, -0.15) is 15.5 Å². The third-order valence-corrected chi connectivity index (χ3v) is 5.77. The standard InChI is InChI=1S/C20H19F2N9O/c1-29-10-13(9-25-29)26-18-24-6-2-15(27-18)16-3-7-31(28-16)19(4-5-23)11-30(12-19)17(32)14-8-20(14,21)22/h2-3,6-7,9-10,14H,4,8,11-12H2,1H3,(H,24,26,27). The van der Waals surface area contributed by atoms with E-state index in [9.17, 15) is 18.8 Å². The highest BCUT2D eigenvalue weighted by atomic mass is 19.3. The van der Waals surface area contributed by atoms with Gasteiger partial charge in [-0.3, -0.25) is 14.2 Å². The molecule has 12 heteroatoms. The van der Waals surface area contributed by atoms with E-state index in [-0.39, 0.29) is 19.5 Å². The molecule has 0 radical (unpaired) electrons. The number of likely N-dealkylation sites (tertiary alicyclic amines) is 1. The molecule has 2 aliphatic rings. The highest BCUT2D eigenvalue weighted by Crippen LogP contribution is 2.50. The van der Waals surface area contributed by atoms with Gasteiger partial charge in [-0.15, -0.1) is 0 Å². The molecule has 1 N–H and O–H groups in total. The SMILES string of the molecule is Cn1cc(Nc2nccc(-c3ccn(C4(CC#N)CN(C(=O)C5CC5(F)F)C4)n3)n2)cn1. The lowest BCUT2D eigenvalue weighted by atomic mass is 9.86. The summed E-state index contributed by atoms with van der Waals surface area (Å²) in [6.45, 7) is 0.343. The van der Waals surface area contributed by atoms with Crippen LogP contribution in [0.25, 0.3) is 11.4 Å². The van der Waals surface area contributed by atoms with Gasteiger partial charge in [-0.05, 0) is 12.1 Å². The largest absolute Gasteiger partial charge is 0.337 e. The van der Waals surface area contributed by atoms with Crippen LogP contribution in [0, 0.1) is 17.2 Å². The normalized spacial score (nSPS) is 20.3. The second-order valence-electron chi connectivity index (χ2n) is 8.21. The molecule has 0 spiro atoms. The Morgan fingerprint density at radius 3 is 2.78 bits per heavy atom. The van der Waals surface area contributed by atoms with Crippen LogP contribution < -0.4 is 5.32 Å². The van der Waals surface area contributed by atoms with Crippen molar-refractivity contribution < 1.29 is 13.6 Å². The van der Waals surface area contributed by atoms with E-state index in [0.29, 0.717) is 17.3 Å². The fourth-order valence-electron chi connectivity index (χ4n) is 3.91. The molecule has 1 amide bonds. The quantitative estimate of drug-likeness (QED) is 0.624. The average Bonchev–Trinajstić information content (AvgIpc) is 3.09. The van der Waals surface area contributed by atoms with Crippen molar-refractivity contribution in [1.82, 2.24) is 34.4 Å². The van der Waals surface area contributed by atoms with Crippen LogP contribution in [0.15, 0.2) is 36.9 Å². The van der Waals surface area contributed by atoms with Crippen molar-refractivity contribution in [2.75, 3.05) is 18.4 Å². The Balaban J connectivity index is 1.33. The number of anilines is 2. The fourth-order valence-corrected chi connectivity index (χ4v) is 3.91. The van der Waals surface area contributed by atoms with E-state index in [1.165, 1.54) is 4.90 Å². The molecule has 1 unspecified atom stereocenters. The Bertz CT molecular complexity index is 1220. The van der Waals surface area contributed by atoms with Crippen molar-refractivity contribution in [3.63, 3.8) is 0 Å². The first-order valence-electron chi connectivity index (χ1n) is 9.98. The molecule has 1 saturated carbocycles. The molecule has 2 fully saturated rings. The maximum absolute atomic E-state index is 13.3. The van der Waals surface area contributed by atoms with Crippen molar-refractivity contribution >= 4 is 17.5 Å².